The number of aliphatic hydroxyl groups excluding tert-OH is 1. The van der Waals surface area contributed by atoms with Gasteiger partial charge in [-0.15, -0.1) is 0 Å². The predicted molar refractivity (Wildman–Crippen MR) is 68.8 cm³/mol. The number of aromatic nitrogens is 1. The van der Waals surface area contributed by atoms with E-state index in [9.17, 15) is 5.11 Å². The lowest BCUT2D eigenvalue weighted by molar-refractivity contribution is 0.108. The van der Waals surface area contributed by atoms with Crippen LogP contribution in [0.5, 0.6) is 5.75 Å². The van der Waals surface area contributed by atoms with Crippen molar-refractivity contribution in [3.63, 3.8) is 0 Å². The van der Waals surface area contributed by atoms with Crippen molar-refractivity contribution in [2.24, 2.45) is 0 Å². The smallest absolute Gasteiger partial charge is 0.119 e. The summed E-state index contributed by atoms with van der Waals surface area (Å²) in [4.78, 5) is 3.90. The third-order valence-corrected chi connectivity index (χ3v) is 2.84. The number of nitrogens with zero attached hydrogens (tertiary/aromatic N) is 1. The molecule has 0 bridgehead atoms. The Morgan fingerprint density at radius 2 is 1.76 bits per heavy atom. The van der Waals surface area contributed by atoms with Crippen LogP contribution in [0.15, 0.2) is 53.3 Å². The molecular formula is C13H12BrNO2. The van der Waals surface area contributed by atoms with E-state index in [1.165, 1.54) is 0 Å². The van der Waals surface area contributed by atoms with Crippen molar-refractivity contribution in [1.29, 1.82) is 0 Å². The number of hydrogen-bond acceptors (Lipinski definition) is 3. The normalized spacial score (nSPS) is 12.1. The van der Waals surface area contributed by atoms with Crippen molar-refractivity contribution in [3.8, 4) is 5.75 Å². The van der Waals surface area contributed by atoms with E-state index in [1.807, 2.05) is 24.3 Å². The first-order chi connectivity index (χ1) is 8.25. The fraction of sp³-hybridized carbons (Fsp3) is 0.154. The number of benzene rings is 1. The van der Waals surface area contributed by atoms with Gasteiger partial charge in [-0.2, -0.15) is 0 Å². The van der Waals surface area contributed by atoms with Gasteiger partial charge in [0.15, 0.2) is 0 Å². The van der Waals surface area contributed by atoms with Crippen LogP contribution in [-0.4, -0.2) is 16.7 Å². The summed E-state index contributed by atoms with van der Waals surface area (Å²) in [6, 6.07) is 11.0. The van der Waals surface area contributed by atoms with Crippen LogP contribution in [0.2, 0.25) is 0 Å². The minimum absolute atomic E-state index is 0.228. The molecule has 0 aliphatic heterocycles. The standard InChI is InChI=1S/C13H12BrNO2/c14-11-1-3-12(4-2-11)17-9-13(16)10-5-7-15-8-6-10/h1-8,13,16H,9H2. The van der Waals surface area contributed by atoms with Gasteiger partial charge in [-0.05, 0) is 42.0 Å². The number of rotatable bonds is 4. The lowest BCUT2D eigenvalue weighted by Crippen LogP contribution is -2.09. The maximum Gasteiger partial charge on any atom is 0.119 e. The van der Waals surface area contributed by atoms with Gasteiger partial charge in [0, 0.05) is 16.9 Å². The van der Waals surface area contributed by atoms with Gasteiger partial charge in [0.1, 0.15) is 18.5 Å². The van der Waals surface area contributed by atoms with E-state index in [2.05, 4.69) is 20.9 Å². The van der Waals surface area contributed by atoms with Gasteiger partial charge in [-0.1, -0.05) is 15.9 Å². The van der Waals surface area contributed by atoms with Crippen LogP contribution in [0.25, 0.3) is 0 Å². The molecule has 1 atom stereocenters. The van der Waals surface area contributed by atoms with Crippen molar-refractivity contribution >= 4 is 15.9 Å². The zero-order chi connectivity index (χ0) is 12.1. The number of ether oxygens (including phenoxy) is 1. The highest BCUT2D eigenvalue weighted by Gasteiger charge is 2.07. The summed E-state index contributed by atoms with van der Waals surface area (Å²) in [6.07, 6.45) is 2.66. The molecule has 1 heterocycles. The van der Waals surface area contributed by atoms with Crippen molar-refractivity contribution in [2.75, 3.05) is 6.61 Å². The van der Waals surface area contributed by atoms with E-state index >= 15 is 0 Å². The maximum atomic E-state index is 9.87. The van der Waals surface area contributed by atoms with Crippen LogP contribution in [-0.2, 0) is 0 Å². The predicted octanol–water partition coefficient (Wildman–Crippen LogP) is 2.96. The molecule has 0 aliphatic carbocycles. The van der Waals surface area contributed by atoms with Crippen molar-refractivity contribution < 1.29 is 9.84 Å². The molecular weight excluding hydrogens is 282 g/mol. The molecule has 3 nitrogen and oxygen atoms in total. The topological polar surface area (TPSA) is 42.4 Å². The Morgan fingerprint density at radius 1 is 1.12 bits per heavy atom. The number of halogens is 1. The summed E-state index contributed by atoms with van der Waals surface area (Å²) in [6.45, 7) is 0.228. The number of aliphatic hydroxyl groups is 1. The van der Waals surface area contributed by atoms with Crippen molar-refractivity contribution in [2.45, 2.75) is 6.10 Å². The molecule has 1 aromatic heterocycles. The van der Waals surface area contributed by atoms with Gasteiger partial charge in [0.05, 0.1) is 0 Å². The van der Waals surface area contributed by atoms with Crippen LogP contribution in [0.3, 0.4) is 0 Å². The second-order valence-corrected chi connectivity index (χ2v) is 4.48. The summed E-state index contributed by atoms with van der Waals surface area (Å²) in [5, 5.41) is 9.87. The molecule has 2 rings (SSSR count). The zero-order valence-corrected chi connectivity index (χ0v) is 10.7. The third-order valence-electron chi connectivity index (χ3n) is 2.31. The van der Waals surface area contributed by atoms with Crippen molar-refractivity contribution in [3.05, 3.63) is 58.8 Å². The Labute approximate surface area is 108 Å². The fourth-order valence-corrected chi connectivity index (χ4v) is 1.65. The third kappa shape index (κ3) is 3.54. The minimum Gasteiger partial charge on any atom is -0.491 e. The molecule has 4 heteroatoms. The highest BCUT2D eigenvalue weighted by Crippen LogP contribution is 2.18. The fourth-order valence-electron chi connectivity index (χ4n) is 1.39. The Hall–Kier alpha value is -1.39. The molecule has 0 amide bonds. The number of pyridine rings is 1. The summed E-state index contributed by atoms with van der Waals surface area (Å²) in [7, 11) is 0. The summed E-state index contributed by atoms with van der Waals surface area (Å²) >= 11 is 3.35. The Balaban J connectivity index is 1.92. The molecule has 0 fully saturated rings. The second-order valence-electron chi connectivity index (χ2n) is 3.56. The van der Waals surface area contributed by atoms with E-state index in [0.29, 0.717) is 0 Å². The van der Waals surface area contributed by atoms with Crippen LogP contribution < -0.4 is 4.74 Å². The van der Waals surface area contributed by atoms with E-state index in [4.69, 9.17) is 4.74 Å². The highest BCUT2D eigenvalue weighted by molar-refractivity contribution is 9.10. The van der Waals surface area contributed by atoms with E-state index < -0.39 is 6.10 Å². The minimum atomic E-state index is -0.637. The Kier molecular flexibility index (Phi) is 4.12. The SMILES string of the molecule is OC(COc1ccc(Br)cc1)c1ccncc1. The molecule has 0 spiro atoms. The lowest BCUT2D eigenvalue weighted by Gasteiger charge is -2.12. The molecule has 0 aliphatic rings. The first kappa shape index (κ1) is 12.1. The molecule has 1 unspecified atom stereocenters. The van der Waals surface area contributed by atoms with Gasteiger partial charge >= 0.3 is 0 Å². The molecule has 2 aromatic rings. The summed E-state index contributed by atoms with van der Waals surface area (Å²) < 4.78 is 6.49. The molecule has 1 aromatic carbocycles. The molecule has 0 radical (unpaired) electrons. The molecule has 88 valence electrons. The van der Waals surface area contributed by atoms with Crippen LogP contribution in [0, 0.1) is 0 Å². The van der Waals surface area contributed by atoms with Gasteiger partial charge in [0.2, 0.25) is 0 Å². The quantitative estimate of drug-likeness (QED) is 0.942. The average Bonchev–Trinajstić information content (AvgIpc) is 2.39. The largest absolute Gasteiger partial charge is 0.491 e. The first-order valence-electron chi connectivity index (χ1n) is 5.22. The monoisotopic (exact) mass is 293 g/mol. The van der Waals surface area contributed by atoms with Gasteiger partial charge in [-0.25, -0.2) is 0 Å². The van der Waals surface area contributed by atoms with E-state index in [0.717, 1.165) is 15.8 Å². The van der Waals surface area contributed by atoms with Crippen LogP contribution in [0.4, 0.5) is 0 Å². The molecule has 0 saturated carbocycles. The summed E-state index contributed by atoms with van der Waals surface area (Å²) in [5.41, 5.74) is 0.803. The highest BCUT2D eigenvalue weighted by atomic mass is 79.9. The van der Waals surface area contributed by atoms with Gasteiger partial charge in [0.25, 0.3) is 0 Å². The average molecular weight is 294 g/mol. The van der Waals surface area contributed by atoms with Crippen LogP contribution in [0.1, 0.15) is 11.7 Å². The maximum absolute atomic E-state index is 9.87. The zero-order valence-electron chi connectivity index (χ0n) is 9.08. The van der Waals surface area contributed by atoms with Crippen molar-refractivity contribution in [1.82, 2.24) is 4.98 Å². The number of hydrogen-bond donors (Lipinski definition) is 1. The van der Waals surface area contributed by atoms with Crippen LogP contribution >= 0.6 is 15.9 Å². The molecule has 17 heavy (non-hydrogen) atoms. The first-order valence-corrected chi connectivity index (χ1v) is 6.01. The molecule has 0 saturated heterocycles. The second kappa shape index (κ2) is 5.80. The summed E-state index contributed by atoms with van der Waals surface area (Å²) in [5.74, 6) is 0.737. The Morgan fingerprint density at radius 3 is 2.41 bits per heavy atom. The van der Waals surface area contributed by atoms with Gasteiger partial charge < -0.3 is 9.84 Å². The molecule has 1 N–H and O–H groups in total. The lowest BCUT2D eigenvalue weighted by atomic mass is 10.2. The Bertz CT molecular complexity index is 459. The van der Waals surface area contributed by atoms with Gasteiger partial charge in [-0.3, -0.25) is 4.98 Å². The van der Waals surface area contributed by atoms with E-state index in [1.54, 1.807) is 24.5 Å². The van der Waals surface area contributed by atoms with E-state index in [-0.39, 0.29) is 6.61 Å².